The third-order valence-electron chi connectivity index (χ3n) is 5.76. The van der Waals surface area contributed by atoms with Gasteiger partial charge in [-0.25, -0.2) is 0 Å². The van der Waals surface area contributed by atoms with Crippen molar-refractivity contribution in [3.05, 3.63) is 0 Å². The monoisotopic (exact) mass is 440 g/mol. The van der Waals surface area contributed by atoms with Gasteiger partial charge in [-0.15, -0.1) is 0 Å². The molecule has 1 atom stereocenters. The summed E-state index contributed by atoms with van der Waals surface area (Å²) < 4.78 is 10.4. The summed E-state index contributed by atoms with van der Waals surface area (Å²) in [5.41, 5.74) is 0. The molecule has 4 heteroatoms. The highest BCUT2D eigenvalue weighted by Gasteiger charge is 2.14. The van der Waals surface area contributed by atoms with Crippen LogP contribution in [0.1, 0.15) is 144 Å². The first kappa shape index (κ1) is 29.9. The highest BCUT2D eigenvalue weighted by molar-refractivity contribution is 5.70. The van der Waals surface area contributed by atoms with Crippen LogP contribution in [-0.4, -0.2) is 24.1 Å². The Kier molecular flexibility index (Phi) is 20.1. The van der Waals surface area contributed by atoms with Crippen molar-refractivity contribution in [3.8, 4) is 0 Å². The van der Waals surface area contributed by atoms with Crippen LogP contribution in [0.2, 0.25) is 0 Å². The molecule has 0 bridgehead atoms. The Labute approximate surface area is 193 Å². The highest BCUT2D eigenvalue weighted by Crippen LogP contribution is 2.20. The first-order valence-corrected chi connectivity index (χ1v) is 13.2. The van der Waals surface area contributed by atoms with Crippen LogP contribution in [0, 0.1) is 5.92 Å². The minimum absolute atomic E-state index is 0.00287. The van der Waals surface area contributed by atoms with Gasteiger partial charge in [-0.2, -0.15) is 0 Å². The quantitative estimate of drug-likeness (QED) is 0.133. The van der Waals surface area contributed by atoms with E-state index in [-0.39, 0.29) is 24.1 Å². The summed E-state index contributed by atoms with van der Waals surface area (Å²) in [5.74, 6) is 0.403. The molecule has 0 aliphatic heterocycles. The van der Waals surface area contributed by atoms with Crippen LogP contribution in [0.25, 0.3) is 0 Å². The Morgan fingerprint density at radius 3 is 1.39 bits per heavy atom. The molecule has 0 aliphatic rings. The van der Waals surface area contributed by atoms with Gasteiger partial charge in [0.2, 0.25) is 0 Å². The van der Waals surface area contributed by atoms with Crippen LogP contribution >= 0.6 is 0 Å². The van der Waals surface area contributed by atoms with Crippen molar-refractivity contribution >= 4 is 11.9 Å². The third kappa shape index (κ3) is 21.9. The maximum absolute atomic E-state index is 11.8. The zero-order chi connectivity index (χ0) is 23.3. The minimum atomic E-state index is -0.0495. The Morgan fingerprint density at radius 2 is 0.968 bits per heavy atom. The molecule has 0 fully saturated rings. The number of esters is 2. The zero-order valence-electron chi connectivity index (χ0n) is 21.4. The van der Waals surface area contributed by atoms with Crippen molar-refractivity contribution in [2.45, 2.75) is 156 Å². The fraction of sp³-hybridized carbons (Fsp3) is 0.926. The highest BCUT2D eigenvalue weighted by atomic mass is 16.5. The van der Waals surface area contributed by atoms with Gasteiger partial charge in [0.1, 0.15) is 0 Å². The van der Waals surface area contributed by atoms with Crippen molar-refractivity contribution in [3.63, 3.8) is 0 Å². The van der Waals surface area contributed by atoms with Gasteiger partial charge >= 0.3 is 11.9 Å². The number of hydrogen-bond acceptors (Lipinski definition) is 4. The van der Waals surface area contributed by atoms with Crippen molar-refractivity contribution < 1.29 is 19.1 Å². The molecular formula is C27H52O4. The Balaban J connectivity index is 3.36. The lowest BCUT2D eigenvalue weighted by Crippen LogP contribution is -2.15. The molecule has 0 aromatic rings. The van der Waals surface area contributed by atoms with E-state index in [0.717, 1.165) is 25.7 Å². The predicted octanol–water partition coefficient (Wildman–Crippen LogP) is 8.16. The van der Waals surface area contributed by atoms with Crippen LogP contribution < -0.4 is 0 Å². The van der Waals surface area contributed by atoms with Crippen molar-refractivity contribution in [1.29, 1.82) is 0 Å². The summed E-state index contributed by atoms with van der Waals surface area (Å²) in [6.45, 7) is 9.80. The van der Waals surface area contributed by atoms with Crippen LogP contribution in [0.3, 0.4) is 0 Å². The molecule has 31 heavy (non-hydrogen) atoms. The fourth-order valence-corrected chi connectivity index (χ4v) is 3.97. The average Bonchev–Trinajstić information content (AvgIpc) is 2.68. The lowest BCUT2D eigenvalue weighted by atomic mass is 9.95. The lowest BCUT2D eigenvalue weighted by Gasteiger charge is -2.15. The van der Waals surface area contributed by atoms with Gasteiger partial charge in [-0.1, -0.05) is 90.4 Å². The molecular weight excluding hydrogens is 388 g/mol. The standard InChI is InChI=1S/C27H52O4/c1-6-25(22-27(29)31-24(4)5)20-18-16-14-12-10-8-7-9-11-13-15-17-19-21-26(28)30-23(2)3/h23-25H,6-22H2,1-5H3. The molecule has 0 N–H and O–H groups in total. The topological polar surface area (TPSA) is 52.6 Å². The molecule has 4 nitrogen and oxygen atoms in total. The van der Waals surface area contributed by atoms with Crippen molar-refractivity contribution in [1.82, 2.24) is 0 Å². The maximum Gasteiger partial charge on any atom is 0.306 e. The number of ether oxygens (including phenoxy) is 2. The summed E-state index contributed by atoms with van der Waals surface area (Å²) in [5, 5.41) is 0. The summed E-state index contributed by atoms with van der Waals surface area (Å²) in [7, 11) is 0. The molecule has 0 rings (SSSR count). The third-order valence-corrected chi connectivity index (χ3v) is 5.76. The molecule has 0 aromatic carbocycles. The second kappa shape index (κ2) is 20.8. The van der Waals surface area contributed by atoms with E-state index in [9.17, 15) is 9.59 Å². The maximum atomic E-state index is 11.8. The van der Waals surface area contributed by atoms with Gasteiger partial charge in [0.25, 0.3) is 0 Å². The first-order valence-electron chi connectivity index (χ1n) is 13.2. The van der Waals surface area contributed by atoms with Crippen molar-refractivity contribution in [2.75, 3.05) is 0 Å². The molecule has 0 saturated heterocycles. The van der Waals surface area contributed by atoms with Gasteiger partial charge in [0.15, 0.2) is 0 Å². The van der Waals surface area contributed by atoms with E-state index in [1.807, 2.05) is 27.7 Å². The average molecular weight is 441 g/mol. The molecule has 0 spiro atoms. The van der Waals surface area contributed by atoms with Crippen LogP contribution in [-0.2, 0) is 19.1 Å². The van der Waals surface area contributed by atoms with Gasteiger partial charge in [0, 0.05) is 12.8 Å². The van der Waals surface area contributed by atoms with Gasteiger partial charge in [-0.05, 0) is 46.5 Å². The van der Waals surface area contributed by atoms with Gasteiger partial charge in [-0.3, -0.25) is 9.59 Å². The number of hydrogen-bond donors (Lipinski definition) is 0. The Hall–Kier alpha value is -1.06. The number of carbonyl (C=O) groups is 2. The molecule has 1 unspecified atom stereocenters. The second-order valence-electron chi connectivity index (χ2n) is 9.69. The molecule has 0 aliphatic carbocycles. The second-order valence-corrected chi connectivity index (χ2v) is 9.69. The van der Waals surface area contributed by atoms with Crippen LogP contribution in [0.15, 0.2) is 0 Å². The van der Waals surface area contributed by atoms with E-state index in [4.69, 9.17) is 9.47 Å². The number of carbonyl (C=O) groups excluding carboxylic acids is 2. The van der Waals surface area contributed by atoms with Gasteiger partial charge in [0.05, 0.1) is 12.2 Å². The first-order chi connectivity index (χ1) is 14.8. The zero-order valence-corrected chi connectivity index (χ0v) is 21.4. The summed E-state index contributed by atoms with van der Waals surface area (Å²) in [4.78, 5) is 23.2. The molecule has 0 aromatic heterocycles. The molecule has 0 radical (unpaired) electrons. The largest absolute Gasteiger partial charge is 0.463 e. The normalized spacial score (nSPS) is 12.4. The Bertz CT molecular complexity index is 431. The minimum Gasteiger partial charge on any atom is -0.463 e. The SMILES string of the molecule is CCC(CCCCCCCCCCCCCCCC(=O)OC(C)C)CC(=O)OC(C)C. The summed E-state index contributed by atoms with van der Waals surface area (Å²) in [6, 6.07) is 0. The van der Waals surface area contributed by atoms with E-state index in [0.29, 0.717) is 18.8 Å². The van der Waals surface area contributed by atoms with Crippen LogP contribution in [0.4, 0.5) is 0 Å². The van der Waals surface area contributed by atoms with Gasteiger partial charge < -0.3 is 9.47 Å². The smallest absolute Gasteiger partial charge is 0.306 e. The molecule has 0 heterocycles. The van der Waals surface area contributed by atoms with E-state index < -0.39 is 0 Å². The van der Waals surface area contributed by atoms with E-state index in [1.165, 1.54) is 70.6 Å². The predicted molar refractivity (Wildman–Crippen MR) is 130 cm³/mol. The number of unbranched alkanes of at least 4 members (excludes halogenated alkanes) is 12. The van der Waals surface area contributed by atoms with E-state index >= 15 is 0 Å². The fourth-order valence-electron chi connectivity index (χ4n) is 3.97. The number of rotatable bonds is 21. The lowest BCUT2D eigenvalue weighted by molar-refractivity contribution is -0.149. The summed E-state index contributed by atoms with van der Waals surface area (Å²) in [6.07, 6.45) is 20.0. The van der Waals surface area contributed by atoms with Crippen LogP contribution in [0.5, 0.6) is 0 Å². The van der Waals surface area contributed by atoms with E-state index in [1.54, 1.807) is 0 Å². The summed E-state index contributed by atoms with van der Waals surface area (Å²) >= 11 is 0. The Morgan fingerprint density at radius 1 is 0.581 bits per heavy atom. The molecule has 0 saturated carbocycles. The molecule has 184 valence electrons. The van der Waals surface area contributed by atoms with Crippen molar-refractivity contribution in [2.24, 2.45) is 5.92 Å². The molecule has 0 amide bonds. The van der Waals surface area contributed by atoms with E-state index in [2.05, 4.69) is 6.92 Å².